The van der Waals surface area contributed by atoms with E-state index >= 15 is 0 Å². The lowest BCUT2D eigenvalue weighted by molar-refractivity contribution is -0.141. The lowest BCUT2D eigenvalue weighted by Gasteiger charge is -2.13. The van der Waals surface area contributed by atoms with Crippen molar-refractivity contribution >= 4 is 21.6 Å². The SMILES string of the molecule is CCC(CNc1ncccc1S(C)(=O)=O)C(=O)O. The maximum atomic E-state index is 11.5. The number of nitrogens with one attached hydrogen (secondary N) is 1. The Morgan fingerprint density at radius 2 is 2.22 bits per heavy atom. The molecule has 0 aromatic carbocycles. The molecule has 1 aromatic heterocycles. The molecule has 2 N–H and O–H groups in total. The molecular weight excluding hydrogens is 256 g/mol. The predicted octanol–water partition coefficient (Wildman–Crippen LogP) is 1.01. The topological polar surface area (TPSA) is 96.4 Å². The minimum Gasteiger partial charge on any atom is -0.481 e. The largest absolute Gasteiger partial charge is 0.481 e. The second-order valence-corrected chi connectivity index (χ2v) is 5.93. The van der Waals surface area contributed by atoms with Crippen molar-refractivity contribution in [2.75, 3.05) is 18.1 Å². The highest BCUT2D eigenvalue weighted by Crippen LogP contribution is 2.18. The Morgan fingerprint density at radius 3 is 2.72 bits per heavy atom. The average molecular weight is 272 g/mol. The number of aliphatic carboxylic acids is 1. The fraction of sp³-hybridized carbons (Fsp3) is 0.455. The predicted molar refractivity (Wildman–Crippen MR) is 67.3 cm³/mol. The van der Waals surface area contributed by atoms with E-state index in [2.05, 4.69) is 10.3 Å². The molecule has 0 fully saturated rings. The van der Waals surface area contributed by atoms with Crippen molar-refractivity contribution in [2.45, 2.75) is 18.2 Å². The van der Waals surface area contributed by atoms with Gasteiger partial charge in [-0.25, -0.2) is 13.4 Å². The second kappa shape index (κ2) is 5.81. The van der Waals surface area contributed by atoms with Gasteiger partial charge in [-0.2, -0.15) is 0 Å². The van der Waals surface area contributed by atoms with E-state index in [0.717, 1.165) is 6.26 Å². The van der Waals surface area contributed by atoms with Gasteiger partial charge in [-0.3, -0.25) is 4.79 Å². The van der Waals surface area contributed by atoms with E-state index in [1.807, 2.05) is 0 Å². The molecule has 0 saturated carbocycles. The van der Waals surface area contributed by atoms with Gasteiger partial charge in [0, 0.05) is 19.0 Å². The number of carboxylic acids is 1. The molecule has 6 nitrogen and oxygen atoms in total. The van der Waals surface area contributed by atoms with Crippen molar-refractivity contribution in [2.24, 2.45) is 5.92 Å². The van der Waals surface area contributed by atoms with Gasteiger partial charge in [-0.05, 0) is 18.6 Å². The summed E-state index contributed by atoms with van der Waals surface area (Å²) in [6.07, 6.45) is 3.01. The number of rotatable bonds is 6. The number of carboxylic acid groups (broad SMARTS) is 1. The molecule has 1 atom stereocenters. The maximum absolute atomic E-state index is 11.5. The molecule has 18 heavy (non-hydrogen) atoms. The Bertz CT molecular complexity index is 528. The number of sulfone groups is 1. The molecule has 0 saturated heterocycles. The molecule has 0 aliphatic rings. The van der Waals surface area contributed by atoms with E-state index < -0.39 is 21.7 Å². The quantitative estimate of drug-likeness (QED) is 0.802. The fourth-order valence-electron chi connectivity index (χ4n) is 1.45. The van der Waals surface area contributed by atoms with Crippen molar-refractivity contribution < 1.29 is 18.3 Å². The summed E-state index contributed by atoms with van der Waals surface area (Å²) in [5.74, 6) is -1.29. The molecule has 0 radical (unpaired) electrons. The molecule has 7 heteroatoms. The van der Waals surface area contributed by atoms with Crippen LogP contribution in [0.2, 0.25) is 0 Å². The van der Waals surface area contributed by atoms with E-state index in [-0.39, 0.29) is 17.3 Å². The number of pyridine rings is 1. The minimum atomic E-state index is -3.38. The summed E-state index contributed by atoms with van der Waals surface area (Å²) in [6.45, 7) is 1.90. The lowest BCUT2D eigenvalue weighted by Crippen LogP contribution is -2.23. The monoisotopic (exact) mass is 272 g/mol. The number of aromatic nitrogens is 1. The zero-order chi connectivity index (χ0) is 13.8. The van der Waals surface area contributed by atoms with E-state index in [1.165, 1.54) is 18.3 Å². The van der Waals surface area contributed by atoms with Crippen molar-refractivity contribution in [3.8, 4) is 0 Å². The van der Waals surface area contributed by atoms with Gasteiger partial charge in [0.25, 0.3) is 0 Å². The third-order valence-electron chi connectivity index (χ3n) is 2.53. The first kappa shape index (κ1) is 14.4. The van der Waals surface area contributed by atoms with Crippen LogP contribution in [0.4, 0.5) is 5.82 Å². The van der Waals surface area contributed by atoms with Crippen LogP contribution in [0.25, 0.3) is 0 Å². The van der Waals surface area contributed by atoms with Gasteiger partial charge in [0.15, 0.2) is 9.84 Å². The third kappa shape index (κ3) is 3.69. The van der Waals surface area contributed by atoms with E-state index in [1.54, 1.807) is 6.92 Å². The normalized spacial score (nSPS) is 13.0. The average Bonchev–Trinajstić information content (AvgIpc) is 2.28. The van der Waals surface area contributed by atoms with Crippen molar-refractivity contribution in [1.82, 2.24) is 4.98 Å². The highest BCUT2D eigenvalue weighted by Gasteiger charge is 2.18. The third-order valence-corrected chi connectivity index (χ3v) is 3.66. The summed E-state index contributed by atoms with van der Waals surface area (Å²) < 4.78 is 23.0. The zero-order valence-electron chi connectivity index (χ0n) is 10.3. The number of hydrogen-bond donors (Lipinski definition) is 2. The number of hydrogen-bond acceptors (Lipinski definition) is 5. The number of carbonyl (C=O) groups is 1. The van der Waals surface area contributed by atoms with E-state index in [0.29, 0.717) is 6.42 Å². The van der Waals surface area contributed by atoms with Gasteiger partial charge in [0.2, 0.25) is 0 Å². The van der Waals surface area contributed by atoms with Crippen molar-refractivity contribution in [3.63, 3.8) is 0 Å². The first-order chi connectivity index (χ1) is 8.36. The van der Waals surface area contributed by atoms with Gasteiger partial charge in [0.05, 0.1) is 5.92 Å². The van der Waals surface area contributed by atoms with Gasteiger partial charge < -0.3 is 10.4 Å². The Balaban J connectivity index is 2.89. The Morgan fingerprint density at radius 1 is 1.56 bits per heavy atom. The van der Waals surface area contributed by atoms with Crippen LogP contribution >= 0.6 is 0 Å². The first-order valence-corrected chi connectivity index (χ1v) is 7.37. The Kier molecular flexibility index (Phi) is 4.66. The first-order valence-electron chi connectivity index (χ1n) is 5.48. The summed E-state index contributed by atoms with van der Waals surface area (Å²) in [7, 11) is -3.38. The zero-order valence-corrected chi connectivity index (χ0v) is 11.1. The molecule has 1 rings (SSSR count). The lowest BCUT2D eigenvalue weighted by atomic mass is 10.1. The Labute approximate surface area is 106 Å². The van der Waals surface area contributed by atoms with E-state index in [4.69, 9.17) is 5.11 Å². The smallest absolute Gasteiger partial charge is 0.308 e. The van der Waals surface area contributed by atoms with Crippen LogP contribution in [0.1, 0.15) is 13.3 Å². The standard InChI is InChI=1S/C11H16N2O4S/c1-3-8(11(14)15)7-13-10-9(18(2,16)17)5-4-6-12-10/h4-6,8H,3,7H2,1-2H3,(H,12,13)(H,14,15). The van der Waals surface area contributed by atoms with Gasteiger partial charge in [0.1, 0.15) is 10.7 Å². The fourth-order valence-corrected chi connectivity index (χ4v) is 2.25. The molecule has 0 aliphatic carbocycles. The summed E-state index contributed by atoms with van der Waals surface area (Å²) in [4.78, 5) is 14.9. The highest BCUT2D eigenvalue weighted by atomic mass is 32.2. The second-order valence-electron chi connectivity index (χ2n) is 3.95. The van der Waals surface area contributed by atoms with Crippen molar-refractivity contribution in [1.29, 1.82) is 0 Å². The van der Waals surface area contributed by atoms with Crippen LogP contribution in [0.5, 0.6) is 0 Å². The van der Waals surface area contributed by atoms with Crippen LogP contribution < -0.4 is 5.32 Å². The molecule has 0 spiro atoms. The molecule has 0 aliphatic heterocycles. The van der Waals surface area contributed by atoms with Gasteiger partial charge in [-0.1, -0.05) is 6.92 Å². The van der Waals surface area contributed by atoms with Crippen LogP contribution in [-0.2, 0) is 14.6 Å². The summed E-state index contributed by atoms with van der Waals surface area (Å²) in [6, 6.07) is 2.96. The highest BCUT2D eigenvalue weighted by molar-refractivity contribution is 7.90. The van der Waals surface area contributed by atoms with Crippen LogP contribution in [-0.4, -0.2) is 37.3 Å². The molecule has 0 bridgehead atoms. The van der Waals surface area contributed by atoms with E-state index in [9.17, 15) is 13.2 Å². The summed E-state index contributed by atoms with van der Waals surface area (Å²) in [5, 5.41) is 11.7. The Hall–Kier alpha value is -1.63. The van der Waals surface area contributed by atoms with Crippen molar-refractivity contribution in [3.05, 3.63) is 18.3 Å². The molecule has 1 heterocycles. The van der Waals surface area contributed by atoms with Gasteiger partial charge in [-0.15, -0.1) is 0 Å². The molecule has 100 valence electrons. The summed E-state index contributed by atoms with van der Waals surface area (Å²) >= 11 is 0. The number of nitrogens with zero attached hydrogens (tertiary/aromatic N) is 1. The van der Waals surface area contributed by atoms with Gasteiger partial charge >= 0.3 is 5.97 Å². The maximum Gasteiger partial charge on any atom is 0.308 e. The van der Waals surface area contributed by atoms with Crippen LogP contribution in [0.15, 0.2) is 23.2 Å². The minimum absolute atomic E-state index is 0.0743. The molecule has 1 aromatic rings. The number of anilines is 1. The van der Waals surface area contributed by atoms with Crippen LogP contribution in [0.3, 0.4) is 0 Å². The molecule has 1 unspecified atom stereocenters. The van der Waals surface area contributed by atoms with Crippen LogP contribution in [0, 0.1) is 5.92 Å². The summed E-state index contributed by atoms with van der Waals surface area (Å²) in [5.41, 5.74) is 0. The molecule has 0 amide bonds. The molecular formula is C11H16N2O4S.